The normalized spacial score (nSPS) is 11.9. The summed E-state index contributed by atoms with van der Waals surface area (Å²) in [6.45, 7) is 2.83. The monoisotopic (exact) mass is 263 g/mol. The summed E-state index contributed by atoms with van der Waals surface area (Å²) >= 11 is 0. The van der Waals surface area contributed by atoms with Crippen LogP contribution in [0.4, 0.5) is 0 Å². The van der Waals surface area contributed by atoms with Gasteiger partial charge < -0.3 is 0 Å². The number of sulfonamides is 1. The van der Waals surface area contributed by atoms with Gasteiger partial charge in [0, 0.05) is 6.54 Å². The highest BCUT2D eigenvalue weighted by Gasteiger charge is 1.98. The zero-order chi connectivity index (χ0) is 13.0. The maximum Gasteiger partial charge on any atom is 0.208 e. The van der Waals surface area contributed by atoms with Crippen molar-refractivity contribution < 1.29 is 8.42 Å². The zero-order valence-electron chi connectivity index (χ0n) is 11.5. The van der Waals surface area contributed by atoms with E-state index in [2.05, 4.69) is 11.6 Å². The molecule has 1 N–H and O–H groups in total. The minimum Gasteiger partial charge on any atom is -0.215 e. The molecule has 0 aromatic heterocycles. The summed E-state index contributed by atoms with van der Waals surface area (Å²) < 4.78 is 24.1. The van der Waals surface area contributed by atoms with Gasteiger partial charge in [-0.3, -0.25) is 0 Å². The molecular weight excluding hydrogens is 234 g/mol. The van der Waals surface area contributed by atoms with E-state index in [-0.39, 0.29) is 0 Å². The Bertz CT molecular complexity index is 250. The van der Waals surface area contributed by atoms with Gasteiger partial charge in [0.25, 0.3) is 0 Å². The van der Waals surface area contributed by atoms with E-state index in [1.54, 1.807) is 0 Å². The van der Waals surface area contributed by atoms with E-state index in [0.717, 1.165) is 12.8 Å². The lowest BCUT2D eigenvalue weighted by Crippen LogP contribution is -2.22. The van der Waals surface area contributed by atoms with Crippen LogP contribution < -0.4 is 4.72 Å². The van der Waals surface area contributed by atoms with E-state index < -0.39 is 10.0 Å². The van der Waals surface area contributed by atoms with Crippen LogP contribution in [0.15, 0.2) is 0 Å². The zero-order valence-corrected chi connectivity index (χ0v) is 12.3. The van der Waals surface area contributed by atoms with Crippen molar-refractivity contribution in [2.45, 2.75) is 71.1 Å². The number of rotatable bonds is 12. The van der Waals surface area contributed by atoms with Crippen molar-refractivity contribution in [3.05, 3.63) is 0 Å². The van der Waals surface area contributed by atoms with Crippen molar-refractivity contribution in [1.29, 1.82) is 0 Å². The van der Waals surface area contributed by atoms with Gasteiger partial charge in [-0.05, 0) is 6.42 Å². The first-order valence-corrected chi connectivity index (χ1v) is 8.90. The topological polar surface area (TPSA) is 46.2 Å². The van der Waals surface area contributed by atoms with E-state index in [1.165, 1.54) is 57.6 Å². The predicted molar refractivity (Wildman–Crippen MR) is 74.7 cm³/mol. The fourth-order valence-corrected chi connectivity index (χ4v) is 2.39. The Morgan fingerprint density at radius 3 is 1.59 bits per heavy atom. The number of hydrogen-bond donors (Lipinski definition) is 1. The lowest BCUT2D eigenvalue weighted by atomic mass is 10.1. The third-order valence-corrected chi connectivity index (χ3v) is 3.62. The highest BCUT2D eigenvalue weighted by atomic mass is 32.2. The molecule has 0 aliphatic rings. The number of hydrogen-bond acceptors (Lipinski definition) is 2. The summed E-state index contributed by atoms with van der Waals surface area (Å²) in [6, 6.07) is 0. The van der Waals surface area contributed by atoms with E-state index in [9.17, 15) is 8.42 Å². The first-order chi connectivity index (χ1) is 8.06. The Kier molecular flexibility index (Phi) is 11.0. The Labute approximate surface area is 107 Å². The van der Waals surface area contributed by atoms with E-state index in [1.807, 2.05) is 0 Å². The smallest absolute Gasteiger partial charge is 0.208 e. The van der Waals surface area contributed by atoms with Gasteiger partial charge in [0.15, 0.2) is 0 Å². The molecule has 0 aliphatic carbocycles. The maximum atomic E-state index is 10.8. The third-order valence-electron chi connectivity index (χ3n) is 2.89. The maximum absolute atomic E-state index is 10.8. The molecule has 104 valence electrons. The standard InChI is InChI=1S/C13H29NO2S/c1-3-4-5-6-7-8-9-10-11-12-13-14-17(2,15)16/h14H,3-13H2,1-2H3. The molecule has 17 heavy (non-hydrogen) atoms. The summed E-state index contributed by atoms with van der Waals surface area (Å²) in [5.74, 6) is 0. The largest absolute Gasteiger partial charge is 0.215 e. The molecule has 0 bridgehead atoms. The second-order valence-corrected chi connectivity index (χ2v) is 6.68. The molecule has 0 amide bonds. The van der Waals surface area contributed by atoms with Crippen LogP contribution >= 0.6 is 0 Å². The van der Waals surface area contributed by atoms with E-state index in [0.29, 0.717) is 6.54 Å². The lowest BCUT2D eigenvalue weighted by molar-refractivity contribution is 0.550. The van der Waals surface area contributed by atoms with Crippen LogP contribution in [0.1, 0.15) is 71.1 Å². The molecule has 0 rings (SSSR count). The summed E-state index contributed by atoms with van der Waals surface area (Å²) in [4.78, 5) is 0. The van der Waals surface area contributed by atoms with Gasteiger partial charge in [-0.2, -0.15) is 0 Å². The predicted octanol–water partition coefficient (Wildman–Crippen LogP) is 3.46. The van der Waals surface area contributed by atoms with Crippen molar-refractivity contribution in [2.24, 2.45) is 0 Å². The molecule has 0 saturated carbocycles. The van der Waals surface area contributed by atoms with Crippen LogP contribution in [0.5, 0.6) is 0 Å². The molecular formula is C13H29NO2S. The molecule has 0 fully saturated rings. The van der Waals surface area contributed by atoms with E-state index >= 15 is 0 Å². The fraction of sp³-hybridized carbons (Fsp3) is 1.00. The highest BCUT2D eigenvalue weighted by Crippen LogP contribution is 2.10. The molecule has 0 saturated heterocycles. The average Bonchev–Trinajstić information content (AvgIpc) is 2.24. The Balaban J connectivity index is 3.04. The molecule has 0 atom stereocenters. The van der Waals surface area contributed by atoms with Crippen molar-refractivity contribution in [2.75, 3.05) is 12.8 Å². The van der Waals surface area contributed by atoms with Gasteiger partial charge in [0.2, 0.25) is 10.0 Å². The van der Waals surface area contributed by atoms with Crippen molar-refractivity contribution in [3.63, 3.8) is 0 Å². The second-order valence-electron chi connectivity index (χ2n) is 4.85. The van der Waals surface area contributed by atoms with Gasteiger partial charge >= 0.3 is 0 Å². The molecule has 0 aromatic rings. The van der Waals surface area contributed by atoms with Gasteiger partial charge in [-0.15, -0.1) is 0 Å². The van der Waals surface area contributed by atoms with Crippen LogP contribution in [0.25, 0.3) is 0 Å². The first-order valence-electron chi connectivity index (χ1n) is 7.01. The number of unbranched alkanes of at least 4 members (excludes halogenated alkanes) is 9. The minimum atomic E-state index is -2.98. The summed E-state index contributed by atoms with van der Waals surface area (Å²) in [5.41, 5.74) is 0. The van der Waals surface area contributed by atoms with Crippen LogP contribution in [-0.2, 0) is 10.0 Å². The first kappa shape index (κ1) is 16.9. The molecule has 0 aromatic carbocycles. The van der Waals surface area contributed by atoms with Crippen LogP contribution in [0.2, 0.25) is 0 Å². The lowest BCUT2D eigenvalue weighted by Gasteiger charge is -2.03. The Hall–Kier alpha value is -0.0900. The van der Waals surface area contributed by atoms with Gasteiger partial charge in [0.1, 0.15) is 0 Å². The highest BCUT2D eigenvalue weighted by molar-refractivity contribution is 7.88. The van der Waals surface area contributed by atoms with E-state index in [4.69, 9.17) is 0 Å². The summed E-state index contributed by atoms with van der Waals surface area (Å²) in [7, 11) is -2.98. The molecule has 0 aliphatic heterocycles. The molecule has 0 heterocycles. The Morgan fingerprint density at radius 2 is 1.18 bits per heavy atom. The van der Waals surface area contributed by atoms with Crippen molar-refractivity contribution in [1.82, 2.24) is 4.72 Å². The molecule has 3 nitrogen and oxygen atoms in total. The Morgan fingerprint density at radius 1 is 0.765 bits per heavy atom. The number of nitrogens with one attached hydrogen (secondary N) is 1. The van der Waals surface area contributed by atoms with Crippen molar-refractivity contribution >= 4 is 10.0 Å². The molecule has 0 spiro atoms. The quantitative estimate of drug-likeness (QED) is 0.548. The van der Waals surface area contributed by atoms with Gasteiger partial charge in [0.05, 0.1) is 6.26 Å². The molecule has 0 radical (unpaired) electrons. The van der Waals surface area contributed by atoms with Crippen LogP contribution in [0.3, 0.4) is 0 Å². The van der Waals surface area contributed by atoms with Gasteiger partial charge in [-0.1, -0.05) is 64.7 Å². The molecule has 4 heteroatoms. The summed E-state index contributed by atoms with van der Waals surface area (Å²) in [5, 5.41) is 0. The van der Waals surface area contributed by atoms with Crippen molar-refractivity contribution in [3.8, 4) is 0 Å². The molecule has 0 unspecified atom stereocenters. The minimum absolute atomic E-state index is 0.593. The summed E-state index contributed by atoms with van der Waals surface area (Å²) in [6.07, 6.45) is 14.0. The average molecular weight is 263 g/mol. The third kappa shape index (κ3) is 15.9. The van der Waals surface area contributed by atoms with Crippen LogP contribution in [0, 0.1) is 0 Å². The SMILES string of the molecule is CCCCCCCCCCCCNS(C)(=O)=O. The van der Waals surface area contributed by atoms with Crippen LogP contribution in [-0.4, -0.2) is 21.2 Å². The second kappa shape index (κ2) is 11.0. The fourth-order valence-electron chi connectivity index (χ4n) is 1.87. The van der Waals surface area contributed by atoms with Gasteiger partial charge in [-0.25, -0.2) is 13.1 Å².